The summed E-state index contributed by atoms with van der Waals surface area (Å²) in [6, 6.07) is 5.92. The lowest BCUT2D eigenvalue weighted by atomic mass is 9.73. The van der Waals surface area contributed by atoms with E-state index in [1.165, 1.54) is 4.68 Å². The standard InChI is InChI=1S/C36H47ClN7O12PS/c1-2-8-50-9-10-51-11-12-52-13-14-53-15-16-55-24-4-5-26-28(17-24)58-35(39-26)42-7-3-6-36(20-42)21-43(22-36)31-25-18-38-44(32(25)41-34(37)40-31)33-30(46)29(45)27(56-33)19-54-23-57(47,48)49/h1,4-5,17-18,27,29-30,33,45-46H,3,6-16,19-23H2,(H2,47,48,49)/t27-,29-,30-,33?/m1/s1. The fraction of sp³-hybridized carbons (Fsp3) is 0.611. The van der Waals surface area contributed by atoms with E-state index >= 15 is 0 Å². The van der Waals surface area contributed by atoms with Crippen molar-refractivity contribution in [2.24, 2.45) is 5.41 Å². The maximum absolute atomic E-state index is 11.2. The summed E-state index contributed by atoms with van der Waals surface area (Å²) in [4.78, 5) is 36.5. The Morgan fingerprint density at radius 3 is 2.38 bits per heavy atom. The first-order chi connectivity index (χ1) is 28.0. The third-order valence-electron chi connectivity index (χ3n) is 9.96. The van der Waals surface area contributed by atoms with Gasteiger partial charge in [-0.25, -0.2) is 9.67 Å². The summed E-state index contributed by atoms with van der Waals surface area (Å²) in [5.74, 6) is 3.76. The lowest BCUT2D eigenvalue weighted by Gasteiger charge is -2.55. The molecule has 3 saturated heterocycles. The Labute approximate surface area is 343 Å². The van der Waals surface area contributed by atoms with Crippen LogP contribution in [-0.4, -0.2) is 162 Å². The van der Waals surface area contributed by atoms with E-state index in [1.807, 2.05) is 18.2 Å². The van der Waals surface area contributed by atoms with Crippen LogP contribution in [0.5, 0.6) is 5.75 Å². The molecule has 3 fully saturated rings. The molecule has 19 nitrogen and oxygen atoms in total. The topological polar surface area (TPSA) is 226 Å². The normalized spacial score (nSPS) is 21.9. The molecule has 7 rings (SSSR count). The Morgan fingerprint density at radius 1 is 0.948 bits per heavy atom. The second kappa shape index (κ2) is 19.4. The zero-order valence-electron chi connectivity index (χ0n) is 31.6. The Hall–Kier alpha value is -3.26. The number of hydrogen-bond acceptors (Lipinski definition) is 17. The summed E-state index contributed by atoms with van der Waals surface area (Å²) in [6.45, 7) is 6.79. The third-order valence-corrected chi connectivity index (χ3v) is 11.7. The number of aliphatic hydroxyl groups excluding tert-OH is 2. The third kappa shape index (κ3) is 10.5. The number of thiazole rings is 1. The zero-order valence-corrected chi connectivity index (χ0v) is 34.1. The van der Waals surface area contributed by atoms with Crippen LogP contribution >= 0.6 is 30.5 Å². The van der Waals surface area contributed by atoms with Gasteiger partial charge in [0, 0.05) is 31.6 Å². The molecule has 4 N–H and O–H groups in total. The van der Waals surface area contributed by atoms with Crippen molar-refractivity contribution in [3.63, 3.8) is 0 Å². The molecule has 1 aromatic carbocycles. The van der Waals surface area contributed by atoms with Crippen LogP contribution in [0, 0.1) is 17.8 Å². The monoisotopic (exact) mass is 867 g/mol. The number of piperidine rings is 1. The Bertz CT molecular complexity index is 2080. The summed E-state index contributed by atoms with van der Waals surface area (Å²) in [7, 11) is -4.42. The first kappa shape index (κ1) is 42.8. The van der Waals surface area contributed by atoms with E-state index in [-0.39, 0.29) is 23.9 Å². The van der Waals surface area contributed by atoms with Crippen LogP contribution in [0.4, 0.5) is 10.9 Å². The van der Waals surface area contributed by atoms with E-state index in [9.17, 15) is 14.8 Å². The number of hydrogen-bond donors (Lipinski definition) is 4. The molecule has 3 aliphatic rings. The summed E-state index contributed by atoms with van der Waals surface area (Å²) in [5, 5.41) is 27.4. The molecule has 1 unspecified atom stereocenters. The van der Waals surface area contributed by atoms with Crippen molar-refractivity contribution in [3.05, 3.63) is 29.7 Å². The molecular formula is C36H47ClN7O12PS. The first-order valence-corrected chi connectivity index (χ1v) is 21.8. The minimum Gasteiger partial charge on any atom is -0.491 e. The summed E-state index contributed by atoms with van der Waals surface area (Å²) < 4.78 is 52.0. The van der Waals surface area contributed by atoms with Gasteiger partial charge in [-0.05, 0) is 42.6 Å². The lowest BCUT2D eigenvalue weighted by molar-refractivity contribution is -0.0658. The molecule has 0 radical (unpaired) electrons. The molecule has 0 bridgehead atoms. The number of anilines is 2. The number of benzene rings is 1. The van der Waals surface area contributed by atoms with E-state index < -0.39 is 38.5 Å². The first-order valence-electron chi connectivity index (χ1n) is 18.8. The van der Waals surface area contributed by atoms with Gasteiger partial charge in [-0.2, -0.15) is 15.1 Å². The van der Waals surface area contributed by atoms with Gasteiger partial charge in [-0.3, -0.25) is 4.57 Å². The van der Waals surface area contributed by atoms with Crippen molar-refractivity contribution < 1.29 is 57.7 Å². The smallest absolute Gasteiger partial charge is 0.350 e. The second-order valence-corrected chi connectivity index (χ2v) is 17.2. The molecule has 0 saturated carbocycles. The van der Waals surface area contributed by atoms with Crippen molar-refractivity contribution >= 4 is 62.7 Å². The van der Waals surface area contributed by atoms with Crippen LogP contribution in [0.2, 0.25) is 5.28 Å². The molecule has 4 aromatic rings. The number of fused-ring (bicyclic) bond motifs is 2. The van der Waals surface area contributed by atoms with Crippen LogP contribution in [0.25, 0.3) is 21.3 Å². The number of nitrogens with zero attached hydrogens (tertiary/aromatic N) is 7. The fourth-order valence-corrected chi connectivity index (χ4v) is 8.86. The number of ether oxygens (including phenoxy) is 7. The van der Waals surface area contributed by atoms with Gasteiger partial charge in [0.15, 0.2) is 17.0 Å². The summed E-state index contributed by atoms with van der Waals surface area (Å²) in [6.07, 6.45) is 2.88. The van der Waals surface area contributed by atoms with Crippen LogP contribution in [0.15, 0.2) is 24.4 Å². The molecule has 22 heteroatoms. The van der Waals surface area contributed by atoms with E-state index in [0.717, 1.165) is 60.1 Å². The Balaban J connectivity index is 0.886. The van der Waals surface area contributed by atoms with Gasteiger partial charge in [0.25, 0.3) is 0 Å². The van der Waals surface area contributed by atoms with Crippen molar-refractivity contribution in [1.82, 2.24) is 24.7 Å². The zero-order chi connectivity index (χ0) is 40.7. The molecule has 0 aliphatic carbocycles. The number of aliphatic hydroxyl groups is 2. The molecule has 3 aliphatic heterocycles. The largest absolute Gasteiger partial charge is 0.491 e. The van der Waals surface area contributed by atoms with Crippen LogP contribution in [0.1, 0.15) is 19.1 Å². The number of aromatic nitrogens is 5. The van der Waals surface area contributed by atoms with Crippen molar-refractivity contribution in [2.75, 3.05) is 108 Å². The summed E-state index contributed by atoms with van der Waals surface area (Å²) in [5.41, 5.74) is 1.23. The predicted molar refractivity (Wildman–Crippen MR) is 212 cm³/mol. The van der Waals surface area contributed by atoms with Crippen molar-refractivity contribution in [1.29, 1.82) is 0 Å². The molecular weight excluding hydrogens is 821 g/mol. The molecule has 3 aromatic heterocycles. The maximum atomic E-state index is 11.2. The van der Waals surface area contributed by atoms with Crippen LogP contribution in [0.3, 0.4) is 0 Å². The maximum Gasteiger partial charge on any atom is 0.350 e. The quantitative estimate of drug-likeness (QED) is 0.0407. The van der Waals surface area contributed by atoms with E-state index in [1.54, 1.807) is 17.5 Å². The molecule has 6 heterocycles. The number of terminal acetylenes is 1. The second-order valence-electron chi connectivity index (χ2n) is 14.3. The Kier molecular flexibility index (Phi) is 14.3. The lowest BCUT2D eigenvalue weighted by Crippen LogP contribution is -2.63. The van der Waals surface area contributed by atoms with E-state index in [2.05, 4.69) is 30.8 Å². The van der Waals surface area contributed by atoms with Gasteiger partial charge in [-0.1, -0.05) is 17.3 Å². The fourth-order valence-electron chi connectivity index (χ4n) is 7.34. The molecule has 0 amide bonds. The highest BCUT2D eigenvalue weighted by Crippen LogP contribution is 2.45. The highest BCUT2D eigenvalue weighted by atomic mass is 35.5. The van der Waals surface area contributed by atoms with Gasteiger partial charge < -0.3 is 63.0 Å². The van der Waals surface area contributed by atoms with Gasteiger partial charge in [0.2, 0.25) is 5.28 Å². The predicted octanol–water partition coefficient (Wildman–Crippen LogP) is 2.05. The highest BCUT2D eigenvalue weighted by Gasteiger charge is 2.48. The van der Waals surface area contributed by atoms with Crippen LogP contribution in [-0.2, 0) is 33.0 Å². The molecule has 4 atom stereocenters. The average Bonchev–Trinajstić information content (AvgIpc) is 3.88. The van der Waals surface area contributed by atoms with Crippen LogP contribution < -0.4 is 14.5 Å². The van der Waals surface area contributed by atoms with Gasteiger partial charge in [0.05, 0.1) is 74.7 Å². The van der Waals surface area contributed by atoms with Crippen molar-refractivity contribution in [2.45, 2.75) is 37.4 Å². The van der Waals surface area contributed by atoms with Crippen molar-refractivity contribution in [3.8, 4) is 18.1 Å². The van der Waals surface area contributed by atoms with Gasteiger partial charge in [0.1, 0.15) is 49.4 Å². The minimum atomic E-state index is -4.42. The number of rotatable bonds is 21. The number of halogens is 1. The minimum absolute atomic E-state index is 0.00996. The molecule has 58 heavy (non-hydrogen) atoms. The SMILES string of the molecule is C#CCOCCOCCOCCOCCOc1ccc2nc(N3CCCC4(C3)CN(c3nc(Cl)nc5c3cnn5C3O[C@H](COCP(=O)(O)O)[C@@H](O)[C@H]3O)C4)sc2c1. The average molecular weight is 868 g/mol. The Morgan fingerprint density at radius 2 is 1.66 bits per heavy atom. The molecule has 1 spiro atoms. The van der Waals surface area contributed by atoms with Gasteiger partial charge in [-0.15, -0.1) is 6.42 Å². The van der Waals surface area contributed by atoms with E-state index in [0.29, 0.717) is 69.7 Å². The van der Waals surface area contributed by atoms with E-state index in [4.69, 9.17) is 66.0 Å². The summed E-state index contributed by atoms with van der Waals surface area (Å²) >= 11 is 8.07. The highest BCUT2D eigenvalue weighted by molar-refractivity contribution is 7.51. The molecule has 316 valence electrons. The van der Waals surface area contributed by atoms with Gasteiger partial charge >= 0.3 is 7.60 Å².